The Morgan fingerprint density at radius 1 is 1.08 bits per heavy atom. The number of anilines is 1. The summed E-state index contributed by atoms with van der Waals surface area (Å²) in [7, 11) is 0. The van der Waals surface area contributed by atoms with Gasteiger partial charge in [-0.05, 0) is 43.2 Å². The molecule has 0 unspecified atom stereocenters. The Kier molecular flexibility index (Phi) is 5.53. The topological polar surface area (TPSA) is 59.1 Å². The molecule has 3 rings (SSSR count). The van der Waals surface area contributed by atoms with Crippen molar-refractivity contribution in [1.29, 1.82) is 0 Å². The van der Waals surface area contributed by atoms with E-state index in [9.17, 15) is 14.0 Å². The summed E-state index contributed by atoms with van der Waals surface area (Å²) in [5, 5.41) is 3.13. The maximum atomic E-state index is 12.9. The third kappa shape index (κ3) is 4.40. The number of aryl methyl sites for hydroxylation is 2. The number of hydrogen-bond donors (Lipinski definition) is 1. The molecule has 0 aliphatic rings. The number of hydrogen-bond acceptors (Lipinski definition) is 4. The van der Waals surface area contributed by atoms with Crippen LogP contribution >= 0.6 is 11.3 Å². The molecule has 0 aliphatic heterocycles. The van der Waals surface area contributed by atoms with Crippen LogP contribution < -0.4 is 5.32 Å². The van der Waals surface area contributed by atoms with Gasteiger partial charge in [-0.15, -0.1) is 0 Å². The van der Waals surface area contributed by atoms with Crippen LogP contribution in [0.5, 0.6) is 0 Å². The Labute approximate surface area is 154 Å². The molecule has 0 radical (unpaired) electrons. The third-order valence-corrected chi connectivity index (χ3v) is 4.97. The van der Waals surface area contributed by atoms with Gasteiger partial charge in [0, 0.05) is 12.0 Å². The zero-order valence-electron chi connectivity index (χ0n) is 14.2. The summed E-state index contributed by atoms with van der Waals surface area (Å²) in [5.41, 5.74) is 2.03. The lowest BCUT2D eigenvalue weighted by molar-refractivity contribution is 0.0984. The Morgan fingerprint density at radius 3 is 2.46 bits per heavy atom. The number of halogens is 1. The smallest absolute Gasteiger partial charge is 0.257 e. The van der Waals surface area contributed by atoms with Gasteiger partial charge in [-0.1, -0.05) is 41.7 Å². The molecule has 0 bridgehead atoms. The van der Waals surface area contributed by atoms with E-state index in [-0.39, 0.29) is 17.5 Å². The molecular formula is C20H17FN2O2S. The average Bonchev–Trinajstić information content (AvgIpc) is 3.02. The zero-order valence-corrected chi connectivity index (χ0v) is 15.0. The van der Waals surface area contributed by atoms with E-state index in [1.807, 2.05) is 6.07 Å². The van der Waals surface area contributed by atoms with E-state index < -0.39 is 0 Å². The van der Waals surface area contributed by atoms with E-state index in [1.54, 1.807) is 43.3 Å². The average molecular weight is 368 g/mol. The predicted octanol–water partition coefficient (Wildman–Crippen LogP) is 4.66. The maximum absolute atomic E-state index is 12.9. The minimum absolute atomic E-state index is 0.0375. The van der Waals surface area contributed by atoms with Gasteiger partial charge in [0.1, 0.15) is 5.82 Å². The van der Waals surface area contributed by atoms with Gasteiger partial charge in [0.05, 0.1) is 10.6 Å². The Morgan fingerprint density at radius 2 is 1.77 bits per heavy atom. The van der Waals surface area contributed by atoms with Crippen molar-refractivity contribution in [2.45, 2.75) is 19.8 Å². The van der Waals surface area contributed by atoms with Crippen molar-refractivity contribution < 1.29 is 14.0 Å². The third-order valence-electron chi connectivity index (χ3n) is 3.86. The van der Waals surface area contributed by atoms with Crippen molar-refractivity contribution in [1.82, 2.24) is 4.98 Å². The van der Waals surface area contributed by atoms with Crippen LogP contribution in [0.1, 0.15) is 37.7 Å². The molecule has 1 N–H and O–H groups in total. The second kappa shape index (κ2) is 8.01. The fraction of sp³-hybridized carbons (Fsp3) is 0.150. The van der Waals surface area contributed by atoms with E-state index in [0.717, 1.165) is 5.56 Å². The number of ketones is 1. The molecule has 26 heavy (non-hydrogen) atoms. The molecule has 0 spiro atoms. The maximum Gasteiger partial charge on any atom is 0.257 e. The summed E-state index contributed by atoms with van der Waals surface area (Å²) < 4.78 is 12.9. The van der Waals surface area contributed by atoms with Gasteiger partial charge in [0.15, 0.2) is 10.9 Å². The lowest BCUT2D eigenvalue weighted by Crippen LogP contribution is -2.11. The number of thiazole rings is 1. The highest BCUT2D eigenvalue weighted by Gasteiger charge is 2.17. The predicted molar refractivity (Wildman–Crippen MR) is 100 cm³/mol. The normalized spacial score (nSPS) is 10.5. The monoisotopic (exact) mass is 368 g/mol. The van der Waals surface area contributed by atoms with Gasteiger partial charge in [0.2, 0.25) is 0 Å². The standard InChI is InChI=1S/C20H17FN2O2S/c1-13-18(17(24)12-9-14-7-10-16(21)11-8-14)26-20(22-13)23-19(25)15-5-3-2-4-6-15/h2-8,10-11H,9,12H2,1H3,(H,22,23,25). The number of nitrogens with one attached hydrogen (secondary N) is 1. The minimum atomic E-state index is -0.294. The summed E-state index contributed by atoms with van der Waals surface area (Å²) in [6, 6.07) is 14.9. The van der Waals surface area contributed by atoms with Crippen molar-refractivity contribution in [3.8, 4) is 0 Å². The number of carbonyl (C=O) groups is 2. The van der Waals surface area contributed by atoms with E-state index in [1.165, 1.54) is 23.5 Å². The summed E-state index contributed by atoms with van der Waals surface area (Å²) >= 11 is 1.18. The van der Waals surface area contributed by atoms with Crippen LogP contribution in [0.2, 0.25) is 0 Å². The summed E-state index contributed by atoms with van der Waals surface area (Å²) in [6.07, 6.45) is 0.836. The fourth-order valence-electron chi connectivity index (χ4n) is 2.49. The van der Waals surface area contributed by atoms with Crippen molar-refractivity contribution in [3.63, 3.8) is 0 Å². The summed E-state index contributed by atoms with van der Waals surface area (Å²) in [5.74, 6) is -0.591. The molecule has 3 aromatic rings. The van der Waals surface area contributed by atoms with Crippen molar-refractivity contribution in [2.24, 2.45) is 0 Å². The molecule has 4 nitrogen and oxygen atoms in total. The molecule has 0 aliphatic carbocycles. The molecule has 1 heterocycles. The largest absolute Gasteiger partial charge is 0.298 e. The number of carbonyl (C=O) groups excluding carboxylic acids is 2. The SMILES string of the molecule is Cc1nc(NC(=O)c2ccccc2)sc1C(=O)CCc1ccc(F)cc1. The molecular weight excluding hydrogens is 351 g/mol. The minimum Gasteiger partial charge on any atom is -0.298 e. The summed E-state index contributed by atoms with van der Waals surface area (Å²) in [6.45, 7) is 1.75. The number of Topliss-reactive ketones (excluding diaryl/α,β-unsaturated/α-hetero) is 1. The fourth-order valence-corrected chi connectivity index (χ4v) is 3.42. The Balaban J connectivity index is 1.64. The molecule has 0 saturated heterocycles. The molecule has 1 aromatic heterocycles. The lowest BCUT2D eigenvalue weighted by Gasteiger charge is -2.01. The quantitative estimate of drug-likeness (QED) is 0.644. The lowest BCUT2D eigenvalue weighted by atomic mass is 10.1. The molecule has 0 fully saturated rings. The first-order chi connectivity index (χ1) is 12.5. The van der Waals surface area contributed by atoms with E-state index >= 15 is 0 Å². The Hall–Kier alpha value is -2.86. The van der Waals surface area contributed by atoms with Crippen LogP contribution in [0.4, 0.5) is 9.52 Å². The van der Waals surface area contributed by atoms with Crippen molar-refractivity contribution in [2.75, 3.05) is 5.32 Å². The van der Waals surface area contributed by atoms with Crippen LogP contribution in [0.3, 0.4) is 0 Å². The molecule has 0 atom stereocenters. The number of nitrogens with zero attached hydrogens (tertiary/aromatic N) is 1. The first kappa shape index (κ1) is 17.9. The highest BCUT2D eigenvalue weighted by atomic mass is 32.1. The number of benzene rings is 2. The molecule has 6 heteroatoms. The zero-order chi connectivity index (χ0) is 18.5. The summed E-state index contributed by atoms with van der Waals surface area (Å²) in [4.78, 5) is 29.5. The number of rotatable bonds is 6. The molecule has 132 valence electrons. The molecule has 1 amide bonds. The first-order valence-corrected chi connectivity index (χ1v) is 8.96. The first-order valence-electron chi connectivity index (χ1n) is 8.14. The molecule has 0 saturated carbocycles. The van der Waals surface area contributed by atoms with Crippen LogP contribution in [0, 0.1) is 12.7 Å². The van der Waals surface area contributed by atoms with Crippen LogP contribution in [-0.2, 0) is 6.42 Å². The van der Waals surface area contributed by atoms with Crippen molar-refractivity contribution >= 4 is 28.2 Å². The second-order valence-corrected chi connectivity index (χ2v) is 6.80. The second-order valence-electron chi connectivity index (χ2n) is 5.80. The van der Waals surface area contributed by atoms with Crippen molar-refractivity contribution in [3.05, 3.63) is 82.1 Å². The van der Waals surface area contributed by atoms with E-state index in [2.05, 4.69) is 10.3 Å². The van der Waals surface area contributed by atoms with Crippen LogP contribution in [0.15, 0.2) is 54.6 Å². The van der Waals surface area contributed by atoms with E-state index in [4.69, 9.17) is 0 Å². The molecule has 2 aromatic carbocycles. The van der Waals surface area contributed by atoms with Gasteiger partial charge < -0.3 is 0 Å². The van der Waals surface area contributed by atoms with E-state index in [0.29, 0.717) is 34.1 Å². The number of aromatic nitrogens is 1. The van der Waals surface area contributed by atoms with Gasteiger partial charge in [-0.2, -0.15) is 0 Å². The number of amides is 1. The van der Waals surface area contributed by atoms with Crippen LogP contribution in [-0.4, -0.2) is 16.7 Å². The van der Waals surface area contributed by atoms with Gasteiger partial charge in [-0.25, -0.2) is 9.37 Å². The van der Waals surface area contributed by atoms with Gasteiger partial charge >= 0.3 is 0 Å². The van der Waals surface area contributed by atoms with Gasteiger partial charge in [-0.3, -0.25) is 14.9 Å². The van der Waals surface area contributed by atoms with Gasteiger partial charge in [0.25, 0.3) is 5.91 Å². The highest BCUT2D eigenvalue weighted by Crippen LogP contribution is 2.25. The van der Waals surface area contributed by atoms with Crippen LogP contribution in [0.25, 0.3) is 0 Å². The Bertz CT molecular complexity index is 921. The highest BCUT2D eigenvalue weighted by molar-refractivity contribution is 7.17.